The molecule has 1 atom stereocenters. The highest BCUT2D eigenvalue weighted by Crippen LogP contribution is 2.21. The molecular formula is C17H18N4O2S. The van der Waals surface area contributed by atoms with Gasteiger partial charge in [0.1, 0.15) is 0 Å². The third-order valence-corrected chi connectivity index (χ3v) is 4.34. The van der Waals surface area contributed by atoms with Crippen LogP contribution in [0.5, 0.6) is 0 Å². The van der Waals surface area contributed by atoms with E-state index in [1.54, 1.807) is 23.7 Å². The van der Waals surface area contributed by atoms with Crippen molar-refractivity contribution in [3.8, 4) is 11.5 Å². The van der Waals surface area contributed by atoms with E-state index in [2.05, 4.69) is 20.5 Å². The summed E-state index contributed by atoms with van der Waals surface area (Å²) in [5.74, 6) is 0.937. The Morgan fingerprint density at radius 2 is 2.12 bits per heavy atom. The Labute approximate surface area is 144 Å². The first kappa shape index (κ1) is 16.3. The van der Waals surface area contributed by atoms with Crippen molar-refractivity contribution in [3.63, 3.8) is 0 Å². The number of nitrogens with zero attached hydrogens (tertiary/aromatic N) is 3. The van der Waals surface area contributed by atoms with E-state index in [4.69, 9.17) is 4.42 Å². The number of thiophene rings is 1. The zero-order chi connectivity index (χ0) is 16.8. The Hall–Kier alpha value is -2.54. The molecule has 3 aromatic heterocycles. The predicted molar refractivity (Wildman–Crippen MR) is 91.3 cm³/mol. The van der Waals surface area contributed by atoms with Crippen molar-refractivity contribution in [3.05, 3.63) is 52.8 Å². The van der Waals surface area contributed by atoms with E-state index in [1.165, 1.54) is 0 Å². The molecule has 24 heavy (non-hydrogen) atoms. The third kappa shape index (κ3) is 4.05. The highest BCUT2D eigenvalue weighted by Gasteiger charge is 2.14. The van der Waals surface area contributed by atoms with Crippen LogP contribution in [-0.2, 0) is 11.2 Å². The molecule has 3 aromatic rings. The molecule has 3 heterocycles. The molecule has 0 bridgehead atoms. The topological polar surface area (TPSA) is 80.9 Å². The summed E-state index contributed by atoms with van der Waals surface area (Å²) in [5.41, 5.74) is 1.96. The summed E-state index contributed by atoms with van der Waals surface area (Å²) in [5, 5.41) is 15.0. The smallest absolute Gasteiger partial charge is 0.248 e. The lowest BCUT2D eigenvalue weighted by atomic mass is 10.1. The van der Waals surface area contributed by atoms with E-state index in [-0.39, 0.29) is 11.9 Å². The fraction of sp³-hybridized carbons (Fsp3) is 0.294. The quantitative estimate of drug-likeness (QED) is 0.712. The summed E-state index contributed by atoms with van der Waals surface area (Å²) in [4.78, 5) is 16.2. The monoisotopic (exact) mass is 342 g/mol. The lowest BCUT2D eigenvalue weighted by Crippen LogP contribution is -2.28. The van der Waals surface area contributed by atoms with E-state index in [1.807, 2.05) is 35.9 Å². The first-order valence-corrected chi connectivity index (χ1v) is 8.74. The number of aryl methyl sites for hydroxylation is 1. The van der Waals surface area contributed by atoms with Gasteiger partial charge >= 0.3 is 0 Å². The van der Waals surface area contributed by atoms with Crippen LogP contribution in [0.3, 0.4) is 0 Å². The van der Waals surface area contributed by atoms with Gasteiger partial charge in [0.2, 0.25) is 17.7 Å². The van der Waals surface area contributed by atoms with Gasteiger partial charge in [-0.1, -0.05) is 6.92 Å². The number of carbonyl (C=O) groups excluding carboxylic acids is 1. The molecule has 0 fully saturated rings. The molecule has 0 spiro atoms. The van der Waals surface area contributed by atoms with E-state index >= 15 is 0 Å². The molecule has 0 saturated heterocycles. The van der Waals surface area contributed by atoms with Crippen LogP contribution in [0.15, 0.2) is 45.8 Å². The number of rotatable bonds is 7. The Kier molecular flexibility index (Phi) is 5.32. The van der Waals surface area contributed by atoms with Crippen molar-refractivity contribution in [1.82, 2.24) is 20.5 Å². The van der Waals surface area contributed by atoms with Crippen molar-refractivity contribution in [2.24, 2.45) is 0 Å². The van der Waals surface area contributed by atoms with Crippen LogP contribution in [-0.4, -0.2) is 21.1 Å². The zero-order valence-corrected chi connectivity index (χ0v) is 14.1. The van der Waals surface area contributed by atoms with Crippen LogP contribution in [0.4, 0.5) is 0 Å². The summed E-state index contributed by atoms with van der Waals surface area (Å²) < 4.78 is 5.59. The number of hydrogen-bond donors (Lipinski definition) is 1. The minimum atomic E-state index is -0.0334. The molecule has 0 aromatic carbocycles. The molecule has 7 heteroatoms. The molecular weight excluding hydrogens is 324 g/mol. The molecule has 1 amide bonds. The van der Waals surface area contributed by atoms with Crippen LogP contribution in [0.2, 0.25) is 0 Å². The third-order valence-electron chi connectivity index (χ3n) is 3.65. The molecule has 3 rings (SSSR count). The number of amides is 1. The normalized spacial score (nSPS) is 12.0. The molecule has 124 valence electrons. The first-order valence-electron chi connectivity index (χ1n) is 7.80. The van der Waals surface area contributed by atoms with E-state index in [0.29, 0.717) is 24.6 Å². The molecule has 1 unspecified atom stereocenters. The maximum absolute atomic E-state index is 12.2. The maximum Gasteiger partial charge on any atom is 0.248 e. The average Bonchev–Trinajstić information content (AvgIpc) is 3.29. The SMILES string of the molecule is CCC(NC(=O)CCc1nnc(-c2ccsc2)o1)c1ccncc1. The largest absolute Gasteiger partial charge is 0.421 e. The number of nitrogens with one attached hydrogen (secondary N) is 1. The van der Waals surface area contributed by atoms with E-state index in [0.717, 1.165) is 17.5 Å². The summed E-state index contributed by atoms with van der Waals surface area (Å²) in [6.07, 6.45) is 5.02. The standard InChI is InChI=1S/C17H18N4O2S/c1-2-14(12-5-8-18-9-6-12)19-15(22)3-4-16-20-21-17(23-16)13-7-10-24-11-13/h5-11,14H,2-4H2,1H3,(H,19,22). The predicted octanol–water partition coefficient (Wildman–Crippen LogP) is 3.39. The Balaban J connectivity index is 1.54. The summed E-state index contributed by atoms with van der Waals surface area (Å²) in [6.45, 7) is 2.04. The Morgan fingerprint density at radius 3 is 2.83 bits per heavy atom. The van der Waals surface area contributed by atoms with Crippen molar-refractivity contribution in [2.45, 2.75) is 32.2 Å². The number of pyridine rings is 1. The summed E-state index contributed by atoms with van der Waals surface area (Å²) >= 11 is 1.57. The van der Waals surface area contributed by atoms with Crippen LogP contribution >= 0.6 is 11.3 Å². The first-order chi connectivity index (χ1) is 11.8. The van der Waals surface area contributed by atoms with Crippen molar-refractivity contribution in [1.29, 1.82) is 0 Å². The second-order valence-electron chi connectivity index (χ2n) is 5.32. The molecule has 0 aliphatic heterocycles. The number of aromatic nitrogens is 3. The van der Waals surface area contributed by atoms with E-state index < -0.39 is 0 Å². The van der Waals surface area contributed by atoms with Gasteiger partial charge in [0.15, 0.2) is 0 Å². The number of carbonyl (C=O) groups is 1. The van der Waals surface area contributed by atoms with Crippen LogP contribution in [0, 0.1) is 0 Å². The summed E-state index contributed by atoms with van der Waals surface area (Å²) in [7, 11) is 0. The molecule has 0 saturated carbocycles. The number of hydrogen-bond acceptors (Lipinski definition) is 6. The van der Waals surface area contributed by atoms with Gasteiger partial charge in [-0.3, -0.25) is 9.78 Å². The highest BCUT2D eigenvalue weighted by molar-refractivity contribution is 7.08. The van der Waals surface area contributed by atoms with Gasteiger partial charge in [0.25, 0.3) is 0 Å². The second-order valence-corrected chi connectivity index (χ2v) is 6.10. The van der Waals surface area contributed by atoms with Gasteiger partial charge in [0.05, 0.1) is 6.04 Å². The van der Waals surface area contributed by atoms with Crippen molar-refractivity contribution < 1.29 is 9.21 Å². The van der Waals surface area contributed by atoms with Gasteiger partial charge in [-0.05, 0) is 35.6 Å². The van der Waals surface area contributed by atoms with Crippen molar-refractivity contribution >= 4 is 17.2 Å². The Morgan fingerprint density at radius 1 is 1.29 bits per heavy atom. The van der Waals surface area contributed by atoms with Gasteiger partial charge in [-0.25, -0.2) is 0 Å². The average molecular weight is 342 g/mol. The minimum Gasteiger partial charge on any atom is -0.421 e. The van der Waals surface area contributed by atoms with E-state index in [9.17, 15) is 4.79 Å². The van der Waals surface area contributed by atoms with Gasteiger partial charge in [-0.2, -0.15) is 11.3 Å². The second kappa shape index (κ2) is 7.83. The fourth-order valence-electron chi connectivity index (χ4n) is 2.36. The van der Waals surface area contributed by atoms with Crippen molar-refractivity contribution in [2.75, 3.05) is 0 Å². The fourth-order valence-corrected chi connectivity index (χ4v) is 2.99. The Bertz CT molecular complexity index is 771. The van der Waals surface area contributed by atoms with Crippen LogP contribution in [0.1, 0.15) is 37.3 Å². The highest BCUT2D eigenvalue weighted by atomic mass is 32.1. The molecule has 6 nitrogen and oxygen atoms in total. The molecule has 0 aliphatic rings. The minimum absolute atomic E-state index is 0.00967. The lowest BCUT2D eigenvalue weighted by Gasteiger charge is -2.16. The maximum atomic E-state index is 12.2. The lowest BCUT2D eigenvalue weighted by molar-refractivity contribution is -0.121. The van der Waals surface area contributed by atoms with Crippen LogP contribution < -0.4 is 5.32 Å². The molecule has 0 radical (unpaired) electrons. The van der Waals surface area contributed by atoms with Crippen LogP contribution in [0.25, 0.3) is 11.5 Å². The van der Waals surface area contributed by atoms with Gasteiger partial charge < -0.3 is 9.73 Å². The van der Waals surface area contributed by atoms with Gasteiger partial charge in [-0.15, -0.1) is 10.2 Å². The molecule has 1 N–H and O–H groups in total. The van der Waals surface area contributed by atoms with Gasteiger partial charge in [0, 0.05) is 36.2 Å². The summed E-state index contributed by atoms with van der Waals surface area (Å²) in [6, 6.07) is 5.75. The zero-order valence-electron chi connectivity index (χ0n) is 13.3. The molecule has 0 aliphatic carbocycles.